The molecule has 1 saturated carbocycles. The standard InChI is InChI=1S/C17H28N4O3/c22-15-18-5-1-6-21(15)13-2-7-19(8-3-13)14-10-17(11-14)4-9-20(12-17)16(23)24/h13-14H,1-12H2,(H,18,22)(H,23,24). The van der Waals surface area contributed by atoms with E-state index in [9.17, 15) is 9.59 Å². The molecule has 3 amide bonds. The van der Waals surface area contributed by atoms with Crippen molar-refractivity contribution in [1.82, 2.24) is 20.0 Å². The fraction of sp³-hybridized carbons (Fsp3) is 0.882. The smallest absolute Gasteiger partial charge is 0.407 e. The van der Waals surface area contributed by atoms with Crippen molar-refractivity contribution in [2.45, 2.75) is 50.6 Å². The van der Waals surface area contributed by atoms with Gasteiger partial charge >= 0.3 is 12.1 Å². The van der Waals surface area contributed by atoms with Gasteiger partial charge in [0.05, 0.1) is 0 Å². The minimum Gasteiger partial charge on any atom is -0.465 e. The van der Waals surface area contributed by atoms with E-state index in [1.807, 2.05) is 4.90 Å². The molecule has 0 radical (unpaired) electrons. The van der Waals surface area contributed by atoms with Crippen LogP contribution in [0.15, 0.2) is 0 Å². The normalized spacial score (nSPS) is 35.2. The Morgan fingerprint density at radius 3 is 2.50 bits per heavy atom. The molecule has 0 atom stereocenters. The Kier molecular flexibility index (Phi) is 4.06. The van der Waals surface area contributed by atoms with Crippen LogP contribution in [-0.2, 0) is 0 Å². The van der Waals surface area contributed by atoms with Gasteiger partial charge in [-0.3, -0.25) is 0 Å². The summed E-state index contributed by atoms with van der Waals surface area (Å²) in [4.78, 5) is 29.3. The van der Waals surface area contributed by atoms with E-state index in [2.05, 4.69) is 10.2 Å². The molecule has 0 aromatic carbocycles. The summed E-state index contributed by atoms with van der Waals surface area (Å²) in [6.45, 7) is 5.27. The van der Waals surface area contributed by atoms with Crippen LogP contribution in [0.3, 0.4) is 0 Å². The predicted octanol–water partition coefficient (Wildman–Crippen LogP) is 1.40. The molecule has 0 unspecified atom stereocenters. The largest absolute Gasteiger partial charge is 0.465 e. The highest BCUT2D eigenvalue weighted by Gasteiger charge is 2.51. The summed E-state index contributed by atoms with van der Waals surface area (Å²) in [6.07, 6.45) is 5.74. The van der Waals surface area contributed by atoms with Gasteiger partial charge in [-0.05, 0) is 43.9 Å². The Morgan fingerprint density at radius 1 is 1.12 bits per heavy atom. The maximum absolute atomic E-state index is 12.0. The average Bonchev–Trinajstić information content (AvgIpc) is 3.00. The summed E-state index contributed by atoms with van der Waals surface area (Å²) in [5.41, 5.74) is 0.257. The van der Waals surface area contributed by atoms with Crippen LogP contribution in [0.4, 0.5) is 9.59 Å². The number of piperidine rings is 1. The Hall–Kier alpha value is -1.50. The van der Waals surface area contributed by atoms with Crippen LogP contribution in [0, 0.1) is 5.41 Å². The van der Waals surface area contributed by atoms with Gasteiger partial charge in [0.1, 0.15) is 0 Å². The molecule has 3 saturated heterocycles. The van der Waals surface area contributed by atoms with Crippen molar-refractivity contribution in [3.63, 3.8) is 0 Å². The van der Waals surface area contributed by atoms with E-state index >= 15 is 0 Å². The molecule has 7 nitrogen and oxygen atoms in total. The van der Waals surface area contributed by atoms with Crippen LogP contribution in [0.25, 0.3) is 0 Å². The second kappa shape index (κ2) is 6.10. The van der Waals surface area contributed by atoms with E-state index in [1.165, 1.54) is 0 Å². The lowest BCUT2D eigenvalue weighted by atomic mass is 9.64. The molecule has 0 aromatic heterocycles. The first-order chi connectivity index (χ1) is 11.6. The SMILES string of the molecule is O=C(O)N1CCC2(CC(N3CCC(N4CCCNC4=O)CC3)C2)C1. The van der Waals surface area contributed by atoms with Crippen LogP contribution in [0.1, 0.15) is 38.5 Å². The van der Waals surface area contributed by atoms with Gasteiger partial charge in [0, 0.05) is 51.4 Å². The Bertz CT molecular complexity index is 512. The first-order valence-electron chi connectivity index (χ1n) is 9.33. The number of nitrogens with zero attached hydrogens (tertiary/aromatic N) is 3. The topological polar surface area (TPSA) is 76.1 Å². The summed E-state index contributed by atoms with van der Waals surface area (Å²) >= 11 is 0. The molecule has 3 aliphatic heterocycles. The number of nitrogens with one attached hydrogen (secondary N) is 1. The van der Waals surface area contributed by atoms with E-state index in [0.717, 1.165) is 71.2 Å². The maximum Gasteiger partial charge on any atom is 0.407 e. The number of rotatable bonds is 2. The first kappa shape index (κ1) is 16.0. The van der Waals surface area contributed by atoms with Gasteiger partial charge in [0.15, 0.2) is 0 Å². The summed E-state index contributed by atoms with van der Waals surface area (Å²) in [7, 11) is 0. The number of carbonyl (C=O) groups is 2. The average molecular weight is 336 g/mol. The fourth-order valence-corrected chi connectivity index (χ4v) is 5.19. The van der Waals surface area contributed by atoms with Gasteiger partial charge in [-0.15, -0.1) is 0 Å². The monoisotopic (exact) mass is 336 g/mol. The molecule has 7 heteroatoms. The molecule has 0 bridgehead atoms. The quantitative estimate of drug-likeness (QED) is 0.799. The molecular weight excluding hydrogens is 308 g/mol. The molecule has 1 spiro atoms. The van der Waals surface area contributed by atoms with Crippen LogP contribution in [0.2, 0.25) is 0 Å². The predicted molar refractivity (Wildman–Crippen MR) is 89.0 cm³/mol. The van der Waals surface area contributed by atoms with Crippen molar-refractivity contribution in [2.24, 2.45) is 5.41 Å². The van der Waals surface area contributed by atoms with E-state index in [-0.39, 0.29) is 11.4 Å². The Labute approximate surface area is 143 Å². The molecule has 4 aliphatic rings. The van der Waals surface area contributed by atoms with Gasteiger partial charge in [-0.25, -0.2) is 9.59 Å². The van der Waals surface area contributed by atoms with Gasteiger partial charge in [-0.1, -0.05) is 0 Å². The van der Waals surface area contributed by atoms with E-state index in [1.54, 1.807) is 4.90 Å². The lowest BCUT2D eigenvalue weighted by Gasteiger charge is -2.52. The third-order valence-corrected chi connectivity index (χ3v) is 6.62. The van der Waals surface area contributed by atoms with E-state index in [4.69, 9.17) is 5.11 Å². The molecule has 4 rings (SSSR count). The summed E-state index contributed by atoms with van der Waals surface area (Å²) in [6, 6.07) is 1.13. The van der Waals surface area contributed by atoms with Crippen molar-refractivity contribution in [3.05, 3.63) is 0 Å². The highest BCUT2D eigenvalue weighted by Crippen LogP contribution is 2.50. The van der Waals surface area contributed by atoms with Crippen molar-refractivity contribution < 1.29 is 14.7 Å². The molecular formula is C17H28N4O3. The Morgan fingerprint density at radius 2 is 1.88 bits per heavy atom. The van der Waals surface area contributed by atoms with Gasteiger partial charge in [-0.2, -0.15) is 0 Å². The zero-order valence-electron chi connectivity index (χ0n) is 14.2. The van der Waals surface area contributed by atoms with Crippen molar-refractivity contribution in [3.8, 4) is 0 Å². The molecule has 134 valence electrons. The third-order valence-electron chi connectivity index (χ3n) is 6.62. The number of urea groups is 1. The highest BCUT2D eigenvalue weighted by atomic mass is 16.4. The van der Waals surface area contributed by atoms with Crippen LogP contribution < -0.4 is 5.32 Å². The number of carboxylic acid groups (broad SMARTS) is 1. The summed E-state index contributed by atoms with van der Waals surface area (Å²) in [5.74, 6) is 0. The van der Waals surface area contributed by atoms with Crippen LogP contribution in [-0.4, -0.2) is 83.3 Å². The molecule has 3 heterocycles. The number of hydrogen-bond acceptors (Lipinski definition) is 3. The van der Waals surface area contributed by atoms with E-state index < -0.39 is 6.09 Å². The third kappa shape index (κ3) is 2.83. The van der Waals surface area contributed by atoms with Gasteiger partial charge < -0.3 is 25.1 Å². The van der Waals surface area contributed by atoms with Gasteiger partial charge in [0.25, 0.3) is 0 Å². The summed E-state index contributed by atoms with van der Waals surface area (Å²) < 4.78 is 0. The zero-order chi connectivity index (χ0) is 16.7. The lowest BCUT2D eigenvalue weighted by Crippen LogP contribution is -2.58. The number of hydrogen-bond donors (Lipinski definition) is 2. The number of carbonyl (C=O) groups excluding carboxylic acids is 1. The van der Waals surface area contributed by atoms with Crippen LogP contribution >= 0.6 is 0 Å². The van der Waals surface area contributed by atoms with Crippen LogP contribution in [0.5, 0.6) is 0 Å². The fourth-order valence-electron chi connectivity index (χ4n) is 5.19. The highest BCUT2D eigenvalue weighted by molar-refractivity contribution is 5.75. The minimum atomic E-state index is -0.768. The first-order valence-corrected chi connectivity index (χ1v) is 9.33. The maximum atomic E-state index is 12.0. The van der Waals surface area contributed by atoms with Crippen molar-refractivity contribution in [2.75, 3.05) is 39.3 Å². The number of likely N-dealkylation sites (tertiary alicyclic amines) is 2. The Balaban J connectivity index is 1.25. The van der Waals surface area contributed by atoms with E-state index in [0.29, 0.717) is 18.6 Å². The van der Waals surface area contributed by atoms with Crippen molar-refractivity contribution >= 4 is 12.1 Å². The molecule has 0 aromatic rings. The lowest BCUT2D eigenvalue weighted by molar-refractivity contribution is -0.0126. The molecule has 2 N–H and O–H groups in total. The molecule has 4 fully saturated rings. The summed E-state index contributed by atoms with van der Waals surface area (Å²) in [5, 5.41) is 12.1. The second-order valence-corrected chi connectivity index (χ2v) is 8.06. The van der Waals surface area contributed by atoms with Gasteiger partial charge in [0.2, 0.25) is 0 Å². The number of amides is 3. The minimum absolute atomic E-state index is 0.113. The second-order valence-electron chi connectivity index (χ2n) is 8.06. The zero-order valence-corrected chi connectivity index (χ0v) is 14.2. The van der Waals surface area contributed by atoms with Crippen molar-refractivity contribution in [1.29, 1.82) is 0 Å². The molecule has 24 heavy (non-hydrogen) atoms. The molecule has 1 aliphatic carbocycles.